The van der Waals surface area contributed by atoms with E-state index >= 15 is 0 Å². The summed E-state index contributed by atoms with van der Waals surface area (Å²) in [4.78, 5) is 27.3. The van der Waals surface area contributed by atoms with Crippen LogP contribution in [-0.2, 0) is 14.3 Å². The number of esters is 1. The highest BCUT2D eigenvalue weighted by Crippen LogP contribution is 2.28. The summed E-state index contributed by atoms with van der Waals surface area (Å²) in [6.45, 7) is 13.3. The van der Waals surface area contributed by atoms with E-state index in [1.807, 2.05) is 34.6 Å². The first kappa shape index (κ1) is 20.7. The van der Waals surface area contributed by atoms with Crippen LogP contribution in [-0.4, -0.2) is 46.2 Å². The first-order valence-electron chi connectivity index (χ1n) is 8.89. The normalized spacial score (nSPS) is 22.8. The number of amides is 1. The second-order valence-corrected chi connectivity index (χ2v) is 8.02. The molecule has 1 aliphatic rings. The highest BCUT2D eigenvalue weighted by Gasteiger charge is 2.38. The highest BCUT2D eigenvalue weighted by molar-refractivity contribution is 5.86. The molecule has 0 spiro atoms. The van der Waals surface area contributed by atoms with Crippen LogP contribution in [0.25, 0.3) is 0 Å². The van der Waals surface area contributed by atoms with E-state index in [2.05, 4.69) is 6.58 Å². The van der Waals surface area contributed by atoms with Gasteiger partial charge in [0.2, 0.25) is 5.91 Å². The first-order chi connectivity index (χ1) is 11.1. The lowest BCUT2D eigenvalue weighted by atomic mass is 9.85. The molecule has 138 valence electrons. The fourth-order valence-electron chi connectivity index (χ4n) is 3.22. The Hall–Kier alpha value is -1.36. The van der Waals surface area contributed by atoms with E-state index in [4.69, 9.17) is 4.74 Å². The number of ether oxygens (including phenoxy) is 1. The van der Waals surface area contributed by atoms with E-state index < -0.39 is 17.7 Å². The van der Waals surface area contributed by atoms with Gasteiger partial charge >= 0.3 is 5.97 Å². The maximum absolute atomic E-state index is 13.0. The number of carbonyl (C=O) groups excluding carboxylic acids is 2. The molecule has 24 heavy (non-hydrogen) atoms. The Bertz CT molecular complexity index is 453. The molecule has 1 aliphatic carbocycles. The van der Waals surface area contributed by atoms with Gasteiger partial charge < -0.3 is 14.7 Å². The fourth-order valence-corrected chi connectivity index (χ4v) is 3.22. The molecule has 0 aromatic carbocycles. The number of hydrogen-bond donors (Lipinski definition) is 1. The lowest BCUT2D eigenvalue weighted by molar-refractivity contribution is -0.167. The Morgan fingerprint density at radius 2 is 1.96 bits per heavy atom. The molecule has 5 nitrogen and oxygen atoms in total. The highest BCUT2D eigenvalue weighted by atomic mass is 16.6. The van der Waals surface area contributed by atoms with Crippen LogP contribution in [0.4, 0.5) is 0 Å². The van der Waals surface area contributed by atoms with Crippen molar-refractivity contribution in [3.05, 3.63) is 12.7 Å². The molecule has 0 heterocycles. The molecule has 3 atom stereocenters. The Balaban J connectivity index is 3.01. The fraction of sp³-hybridized carbons (Fsp3) is 0.789. The van der Waals surface area contributed by atoms with Crippen molar-refractivity contribution >= 4 is 11.9 Å². The summed E-state index contributed by atoms with van der Waals surface area (Å²) in [5, 5.41) is 9.87. The molecule has 1 rings (SSSR count). The van der Waals surface area contributed by atoms with Gasteiger partial charge in [0.05, 0.1) is 6.10 Å². The molecule has 0 radical (unpaired) electrons. The maximum Gasteiger partial charge on any atom is 0.329 e. The second-order valence-electron chi connectivity index (χ2n) is 8.02. The van der Waals surface area contributed by atoms with Gasteiger partial charge in [-0.05, 0) is 46.0 Å². The van der Waals surface area contributed by atoms with E-state index in [9.17, 15) is 14.7 Å². The van der Waals surface area contributed by atoms with E-state index in [1.165, 1.54) is 0 Å². The summed E-state index contributed by atoms with van der Waals surface area (Å²) < 4.78 is 5.53. The molecule has 1 unspecified atom stereocenters. The zero-order chi connectivity index (χ0) is 18.5. The van der Waals surface area contributed by atoms with Crippen molar-refractivity contribution in [1.82, 2.24) is 4.90 Å². The van der Waals surface area contributed by atoms with E-state index in [0.717, 1.165) is 19.3 Å². The van der Waals surface area contributed by atoms with Gasteiger partial charge in [-0.2, -0.15) is 0 Å². The molecular weight excluding hydrogens is 306 g/mol. The summed E-state index contributed by atoms with van der Waals surface area (Å²) in [5.41, 5.74) is -0.603. The molecule has 0 aromatic heterocycles. The number of rotatable bonds is 6. The lowest BCUT2D eigenvalue weighted by Gasteiger charge is -2.37. The monoisotopic (exact) mass is 339 g/mol. The number of carbonyl (C=O) groups is 2. The molecule has 1 N–H and O–H groups in total. The zero-order valence-corrected chi connectivity index (χ0v) is 15.7. The van der Waals surface area contributed by atoms with Crippen LogP contribution in [0, 0.1) is 11.8 Å². The number of aliphatic hydroxyl groups is 1. The quantitative estimate of drug-likeness (QED) is 0.597. The molecule has 0 bridgehead atoms. The van der Waals surface area contributed by atoms with Crippen LogP contribution in [0.15, 0.2) is 12.7 Å². The van der Waals surface area contributed by atoms with Gasteiger partial charge in [-0.15, -0.1) is 6.58 Å². The molecule has 0 aromatic rings. The third kappa shape index (κ3) is 5.93. The van der Waals surface area contributed by atoms with Crippen LogP contribution in [0.1, 0.15) is 60.3 Å². The van der Waals surface area contributed by atoms with Crippen molar-refractivity contribution in [2.45, 2.75) is 78.0 Å². The standard InChI is InChI=1S/C19H33NO4/c1-7-11-20(17(22)14-9-8-10-15(21)12-14)16(13(2)3)18(23)24-19(4,5)6/h7,13-16,21H,1,8-12H2,2-6H3/t14-,15+,16?/m0/s1. The van der Waals surface area contributed by atoms with Crippen LogP contribution < -0.4 is 0 Å². The molecular formula is C19H33NO4. The van der Waals surface area contributed by atoms with Crippen molar-refractivity contribution in [3.63, 3.8) is 0 Å². The van der Waals surface area contributed by atoms with Gasteiger partial charge in [0.1, 0.15) is 11.6 Å². The Morgan fingerprint density at radius 1 is 1.33 bits per heavy atom. The van der Waals surface area contributed by atoms with Gasteiger partial charge in [0.25, 0.3) is 0 Å². The van der Waals surface area contributed by atoms with Crippen LogP contribution in [0.5, 0.6) is 0 Å². The Kier molecular flexibility index (Phi) is 7.46. The number of hydrogen-bond acceptors (Lipinski definition) is 4. The van der Waals surface area contributed by atoms with Gasteiger partial charge in [0, 0.05) is 12.5 Å². The van der Waals surface area contributed by atoms with Crippen LogP contribution in [0.2, 0.25) is 0 Å². The predicted octanol–water partition coefficient (Wildman–Crippen LogP) is 2.92. The number of nitrogens with zero attached hydrogens (tertiary/aromatic N) is 1. The van der Waals surface area contributed by atoms with Crippen LogP contribution >= 0.6 is 0 Å². The smallest absolute Gasteiger partial charge is 0.329 e. The van der Waals surface area contributed by atoms with Crippen molar-refractivity contribution in [2.24, 2.45) is 11.8 Å². The minimum absolute atomic E-state index is 0.0720. The van der Waals surface area contributed by atoms with E-state index in [1.54, 1.807) is 11.0 Å². The van der Waals surface area contributed by atoms with Crippen LogP contribution in [0.3, 0.4) is 0 Å². The summed E-state index contributed by atoms with van der Waals surface area (Å²) in [5.74, 6) is -0.781. The van der Waals surface area contributed by atoms with Gasteiger partial charge in [-0.3, -0.25) is 4.79 Å². The maximum atomic E-state index is 13.0. The van der Waals surface area contributed by atoms with Gasteiger partial charge in [-0.1, -0.05) is 26.3 Å². The molecule has 1 fully saturated rings. The topological polar surface area (TPSA) is 66.8 Å². The average Bonchev–Trinajstić information content (AvgIpc) is 2.43. The Morgan fingerprint density at radius 3 is 2.42 bits per heavy atom. The summed E-state index contributed by atoms with van der Waals surface area (Å²) in [7, 11) is 0. The average molecular weight is 339 g/mol. The summed E-state index contributed by atoms with van der Waals surface area (Å²) >= 11 is 0. The van der Waals surface area contributed by atoms with Crippen molar-refractivity contribution in [1.29, 1.82) is 0 Å². The van der Waals surface area contributed by atoms with Crippen molar-refractivity contribution < 1.29 is 19.4 Å². The van der Waals surface area contributed by atoms with E-state index in [-0.39, 0.29) is 23.7 Å². The molecule has 1 saturated carbocycles. The molecule has 1 amide bonds. The summed E-state index contributed by atoms with van der Waals surface area (Å²) in [6.07, 6.45) is 3.99. The predicted molar refractivity (Wildman–Crippen MR) is 94.3 cm³/mol. The molecule has 0 aliphatic heterocycles. The molecule has 5 heteroatoms. The SMILES string of the molecule is C=CCN(C(=O)[C@H]1CCC[C@@H](O)C1)C(C(=O)OC(C)(C)C)C(C)C. The minimum atomic E-state index is -0.645. The first-order valence-corrected chi connectivity index (χ1v) is 8.89. The number of aliphatic hydroxyl groups excluding tert-OH is 1. The zero-order valence-electron chi connectivity index (χ0n) is 15.7. The second kappa shape index (κ2) is 8.65. The Labute approximate surface area is 146 Å². The summed E-state index contributed by atoms with van der Waals surface area (Å²) in [6, 6.07) is -0.645. The van der Waals surface area contributed by atoms with Crippen molar-refractivity contribution in [3.8, 4) is 0 Å². The van der Waals surface area contributed by atoms with Crippen molar-refractivity contribution in [2.75, 3.05) is 6.54 Å². The van der Waals surface area contributed by atoms with E-state index in [0.29, 0.717) is 13.0 Å². The largest absolute Gasteiger partial charge is 0.458 e. The minimum Gasteiger partial charge on any atom is -0.458 e. The van der Waals surface area contributed by atoms with Gasteiger partial charge in [0.15, 0.2) is 0 Å². The van der Waals surface area contributed by atoms with Gasteiger partial charge in [-0.25, -0.2) is 4.79 Å². The third-order valence-electron chi connectivity index (χ3n) is 4.22. The molecule has 0 saturated heterocycles. The third-order valence-corrected chi connectivity index (χ3v) is 4.22. The lowest BCUT2D eigenvalue weighted by Crippen LogP contribution is -2.52.